The number of aryl methyl sites for hydroxylation is 2. The zero-order valence-electron chi connectivity index (χ0n) is 9.13. The highest BCUT2D eigenvalue weighted by molar-refractivity contribution is 5.90. The Bertz CT molecular complexity index is 380. The summed E-state index contributed by atoms with van der Waals surface area (Å²) in [5.41, 5.74) is 2.06. The van der Waals surface area contributed by atoms with Gasteiger partial charge >= 0.3 is 12.0 Å². The monoisotopic (exact) mass is 226 g/mol. The van der Waals surface area contributed by atoms with Gasteiger partial charge in [0.2, 0.25) is 0 Å². The number of hydrogen-bond acceptors (Lipinski definition) is 3. The molecule has 0 radical (unpaired) electrons. The maximum Gasteiger partial charge on any atom is 0.319 e. The molecule has 1 aromatic rings. The SMILES string of the molecule is Cc1n[nH]c(C)c1NC(=O)NCCC(=O)O. The Morgan fingerprint density at radius 1 is 1.44 bits per heavy atom. The summed E-state index contributed by atoms with van der Waals surface area (Å²) in [6, 6.07) is -0.436. The van der Waals surface area contributed by atoms with Crippen LogP contribution in [-0.2, 0) is 4.79 Å². The van der Waals surface area contributed by atoms with Crippen LogP contribution in [0.4, 0.5) is 10.5 Å². The molecule has 0 aliphatic heterocycles. The van der Waals surface area contributed by atoms with E-state index in [-0.39, 0.29) is 13.0 Å². The van der Waals surface area contributed by atoms with Gasteiger partial charge in [0.1, 0.15) is 0 Å². The van der Waals surface area contributed by atoms with E-state index in [1.807, 2.05) is 0 Å². The number of carboxylic acid groups (broad SMARTS) is 1. The number of carbonyl (C=O) groups is 2. The summed E-state index contributed by atoms with van der Waals surface area (Å²) in [5.74, 6) is -0.948. The molecule has 0 aliphatic rings. The van der Waals surface area contributed by atoms with Crippen molar-refractivity contribution in [2.24, 2.45) is 0 Å². The van der Waals surface area contributed by atoms with E-state index in [1.165, 1.54) is 0 Å². The summed E-state index contributed by atoms with van der Waals surface area (Å²) in [6.07, 6.45) is -0.100. The largest absolute Gasteiger partial charge is 0.481 e. The van der Waals surface area contributed by atoms with Crippen molar-refractivity contribution in [2.75, 3.05) is 11.9 Å². The minimum absolute atomic E-state index is 0.0944. The minimum atomic E-state index is -0.948. The molecule has 0 saturated carbocycles. The first-order valence-corrected chi connectivity index (χ1v) is 4.79. The first-order chi connectivity index (χ1) is 7.50. The number of H-pyrrole nitrogens is 1. The fourth-order valence-corrected chi connectivity index (χ4v) is 1.18. The number of nitrogens with zero attached hydrogens (tertiary/aromatic N) is 1. The molecule has 4 N–H and O–H groups in total. The maximum absolute atomic E-state index is 11.3. The van der Waals surface area contributed by atoms with Crippen LogP contribution >= 0.6 is 0 Å². The maximum atomic E-state index is 11.3. The van der Waals surface area contributed by atoms with E-state index in [2.05, 4.69) is 20.8 Å². The Morgan fingerprint density at radius 3 is 2.62 bits per heavy atom. The fraction of sp³-hybridized carbons (Fsp3) is 0.444. The molecule has 2 amide bonds. The summed E-state index contributed by atoms with van der Waals surface area (Å²) in [5, 5.41) is 20.1. The Kier molecular flexibility index (Phi) is 3.87. The molecule has 0 saturated heterocycles. The highest BCUT2D eigenvalue weighted by atomic mass is 16.4. The number of amides is 2. The van der Waals surface area contributed by atoms with Crippen LogP contribution in [0.3, 0.4) is 0 Å². The lowest BCUT2D eigenvalue weighted by Crippen LogP contribution is -2.30. The molecule has 0 bridgehead atoms. The number of aliphatic carboxylic acids is 1. The summed E-state index contributed by atoms with van der Waals surface area (Å²) in [6.45, 7) is 3.64. The smallest absolute Gasteiger partial charge is 0.319 e. The van der Waals surface area contributed by atoms with Crippen molar-refractivity contribution in [3.05, 3.63) is 11.4 Å². The zero-order chi connectivity index (χ0) is 12.1. The van der Waals surface area contributed by atoms with Crippen molar-refractivity contribution in [1.29, 1.82) is 0 Å². The molecule has 0 atom stereocenters. The van der Waals surface area contributed by atoms with Crippen LogP contribution in [0.15, 0.2) is 0 Å². The molecule has 0 fully saturated rings. The van der Waals surface area contributed by atoms with Crippen LogP contribution in [-0.4, -0.2) is 33.8 Å². The zero-order valence-corrected chi connectivity index (χ0v) is 9.13. The Balaban J connectivity index is 2.43. The number of anilines is 1. The Hall–Kier alpha value is -2.05. The molecule has 16 heavy (non-hydrogen) atoms. The number of aromatic amines is 1. The second-order valence-electron chi connectivity index (χ2n) is 3.33. The molecule has 0 unspecified atom stereocenters. The minimum Gasteiger partial charge on any atom is -0.481 e. The molecule has 7 nitrogen and oxygen atoms in total. The fourth-order valence-electron chi connectivity index (χ4n) is 1.18. The molecule has 0 aromatic carbocycles. The van der Waals surface area contributed by atoms with Crippen molar-refractivity contribution < 1.29 is 14.7 Å². The number of aromatic nitrogens is 2. The number of rotatable bonds is 4. The average molecular weight is 226 g/mol. The van der Waals surface area contributed by atoms with Gasteiger partial charge in [0.05, 0.1) is 23.5 Å². The van der Waals surface area contributed by atoms with E-state index in [4.69, 9.17) is 5.11 Å². The van der Waals surface area contributed by atoms with Gasteiger partial charge in [-0.05, 0) is 13.8 Å². The molecule has 1 rings (SSSR count). The van der Waals surface area contributed by atoms with E-state index in [0.29, 0.717) is 11.4 Å². The second-order valence-corrected chi connectivity index (χ2v) is 3.33. The van der Waals surface area contributed by atoms with Gasteiger partial charge in [0.15, 0.2) is 0 Å². The standard InChI is InChI=1S/C9H14N4O3/c1-5-8(6(2)13-12-5)11-9(16)10-4-3-7(14)15/h3-4H2,1-2H3,(H,12,13)(H,14,15)(H2,10,11,16). The lowest BCUT2D eigenvalue weighted by atomic mass is 10.3. The van der Waals surface area contributed by atoms with Crippen LogP contribution in [0, 0.1) is 13.8 Å². The summed E-state index contributed by atoms with van der Waals surface area (Å²) in [7, 11) is 0. The van der Waals surface area contributed by atoms with Gasteiger partial charge in [-0.15, -0.1) is 0 Å². The summed E-state index contributed by atoms with van der Waals surface area (Å²) >= 11 is 0. The molecular formula is C9H14N4O3. The summed E-state index contributed by atoms with van der Waals surface area (Å²) < 4.78 is 0. The Morgan fingerprint density at radius 2 is 2.12 bits per heavy atom. The summed E-state index contributed by atoms with van der Waals surface area (Å²) in [4.78, 5) is 21.6. The molecule has 1 heterocycles. The van der Waals surface area contributed by atoms with Crippen LogP contribution in [0.25, 0.3) is 0 Å². The highest BCUT2D eigenvalue weighted by Crippen LogP contribution is 2.15. The van der Waals surface area contributed by atoms with Gasteiger partial charge in [-0.3, -0.25) is 9.89 Å². The van der Waals surface area contributed by atoms with Gasteiger partial charge in [-0.25, -0.2) is 4.79 Å². The van der Waals surface area contributed by atoms with E-state index < -0.39 is 12.0 Å². The predicted octanol–water partition coefficient (Wildman–Crippen LogP) is 0.623. The lowest BCUT2D eigenvalue weighted by molar-refractivity contribution is -0.136. The molecular weight excluding hydrogens is 212 g/mol. The third-order valence-corrected chi connectivity index (χ3v) is 1.99. The van der Waals surface area contributed by atoms with Gasteiger partial charge in [-0.2, -0.15) is 5.10 Å². The first kappa shape index (κ1) is 12.0. The van der Waals surface area contributed by atoms with Crippen LogP contribution in [0.2, 0.25) is 0 Å². The van der Waals surface area contributed by atoms with Crippen molar-refractivity contribution >= 4 is 17.7 Å². The van der Waals surface area contributed by atoms with Gasteiger partial charge in [0.25, 0.3) is 0 Å². The van der Waals surface area contributed by atoms with Gasteiger partial charge in [-0.1, -0.05) is 0 Å². The lowest BCUT2D eigenvalue weighted by Gasteiger charge is -2.06. The van der Waals surface area contributed by atoms with E-state index >= 15 is 0 Å². The van der Waals surface area contributed by atoms with Crippen molar-refractivity contribution in [3.8, 4) is 0 Å². The van der Waals surface area contributed by atoms with E-state index in [0.717, 1.165) is 5.69 Å². The van der Waals surface area contributed by atoms with Gasteiger partial charge < -0.3 is 15.7 Å². The molecule has 88 valence electrons. The van der Waals surface area contributed by atoms with E-state index in [1.54, 1.807) is 13.8 Å². The first-order valence-electron chi connectivity index (χ1n) is 4.79. The van der Waals surface area contributed by atoms with Crippen molar-refractivity contribution in [2.45, 2.75) is 20.3 Å². The van der Waals surface area contributed by atoms with E-state index in [9.17, 15) is 9.59 Å². The van der Waals surface area contributed by atoms with Gasteiger partial charge in [0, 0.05) is 6.54 Å². The predicted molar refractivity (Wildman–Crippen MR) is 57.3 cm³/mol. The third-order valence-electron chi connectivity index (χ3n) is 1.99. The molecule has 7 heteroatoms. The number of nitrogens with one attached hydrogen (secondary N) is 3. The quantitative estimate of drug-likeness (QED) is 0.603. The third kappa shape index (κ3) is 3.26. The second kappa shape index (κ2) is 5.15. The topological polar surface area (TPSA) is 107 Å². The van der Waals surface area contributed by atoms with Crippen molar-refractivity contribution in [3.63, 3.8) is 0 Å². The average Bonchev–Trinajstić information content (AvgIpc) is 2.49. The number of hydrogen-bond donors (Lipinski definition) is 4. The number of urea groups is 1. The number of carbonyl (C=O) groups excluding carboxylic acids is 1. The van der Waals surface area contributed by atoms with Crippen LogP contribution < -0.4 is 10.6 Å². The Labute approximate surface area is 92.2 Å². The van der Waals surface area contributed by atoms with Crippen LogP contribution in [0.5, 0.6) is 0 Å². The molecule has 0 aliphatic carbocycles. The van der Waals surface area contributed by atoms with Crippen molar-refractivity contribution in [1.82, 2.24) is 15.5 Å². The number of carboxylic acids is 1. The van der Waals surface area contributed by atoms with Crippen LogP contribution in [0.1, 0.15) is 17.8 Å². The normalized spacial score (nSPS) is 9.88. The molecule has 1 aromatic heterocycles. The molecule has 0 spiro atoms. The highest BCUT2D eigenvalue weighted by Gasteiger charge is 2.09.